The third-order valence-electron chi connectivity index (χ3n) is 7.67. The lowest BCUT2D eigenvalue weighted by molar-refractivity contribution is -0.0584. The molecule has 0 radical (unpaired) electrons. The number of methoxy groups -OCH3 is 1. The Labute approximate surface area is 219 Å². The summed E-state index contributed by atoms with van der Waals surface area (Å²) in [5.74, 6) is 1.26. The van der Waals surface area contributed by atoms with Crippen molar-refractivity contribution in [3.63, 3.8) is 0 Å². The molecule has 2 aromatic heterocycles. The number of halogens is 2. The maximum atomic E-state index is 13.3. The number of ketones is 1. The van der Waals surface area contributed by atoms with E-state index in [0.29, 0.717) is 47.8 Å². The fourth-order valence-corrected chi connectivity index (χ4v) is 5.29. The lowest BCUT2D eigenvalue weighted by Gasteiger charge is -2.34. The van der Waals surface area contributed by atoms with Gasteiger partial charge >= 0.3 is 6.61 Å². The van der Waals surface area contributed by atoms with Gasteiger partial charge in [0.25, 0.3) is 0 Å². The van der Waals surface area contributed by atoms with Crippen molar-refractivity contribution in [1.29, 1.82) is 0 Å². The summed E-state index contributed by atoms with van der Waals surface area (Å²) in [7, 11) is 1.42. The molecule has 0 spiro atoms. The monoisotopic (exact) mass is 527 g/mol. The first-order chi connectivity index (χ1) is 18.5. The van der Waals surface area contributed by atoms with Crippen LogP contribution in [0.15, 0.2) is 36.7 Å². The maximum absolute atomic E-state index is 13.3. The molecule has 0 bridgehead atoms. The van der Waals surface area contributed by atoms with Crippen LogP contribution in [0.2, 0.25) is 0 Å². The van der Waals surface area contributed by atoms with Gasteiger partial charge in [-0.25, -0.2) is 4.98 Å². The summed E-state index contributed by atoms with van der Waals surface area (Å²) in [6.07, 6.45) is 6.84. The third-order valence-corrected chi connectivity index (χ3v) is 7.67. The average molecular weight is 528 g/mol. The first-order valence-corrected chi connectivity index (χ1v) is 13.1. The summed E-state index contributed by atoms with van der Waals surface area (Å²) in [6, 6.07) is 7.41. The van der Waals surface area contributed by atoms with Crippen LogP contribution in [-0.2, 0) is 4.74 Å². The molecule has 2 aliphatic heterocycles. The van der Waals surface area contributed by atoms with E-state index in [4.69, 9.17) is 18.9 Å². The molecule has 4 heterocycles. The van der Waals surface area contributed by atoms with E-state index in [1.165, 1.54) is 13.2 Å². The topological polar surface area (TPSA) is 74.5 Å². The number of pyridine rings is 1. The molecule has 202 valence electrons. The predicted octanol–water partition coefficient (Wildman–Crippen LogP) is 4.69. The summed E-state index contributed by atoms with van der Waals surface area (Å²) >= 11 is 0. The molecule has 10 heteroatoms. The molecular weight excluding hydrogens is 496 g/mol. The minimum absolute atomic E-state index is 0.0586. The quantitative estimate of drug-likeness (QED) is 0.335. The van der Waals surface area contributed by atoms with E-state index in [-0.39, 0.29) is 22.8 Å². The van der Waals surface area contributed by atoms with Crippen LogP contribution in [0.5, 0.6) is 17.2 Å². The van der Waals surface area contributed by atoms with Crippen LogP contribution >= 0.6 is 0 Å². The minimum atomic E-state index is -3.07. The second-order valence-electron chi connectivity index (χ2n) is 10.4. The fraction of sp³-hybridized carbons (Fsp3) is 0.500. The zero-order valence-corrected chi connectivity index (χ0v) is 21.3. The molecule has 2 saturated heterocycles. The summed E-state index contributed by atoms with van der Waals surface area (Å²) in [4.78, 5) is 19.9. The molecule has 3 fully saturated rings. The van der Waals surface area contributed by atoms with E-state index >= 15 is 0 Å². The van der Waals surface area contributed by atoms with Crippen LogP contribution < -0.4 is 14.2 Å². The van der Waals surface area contributed by atoms with Crippen LogP contribution in [-0.4, -0.2) is 72.7 Å². The molecule has 3 aromatic rings. The Morgan fingerprint density at radius 1 is 1.16 bits per heavy atom. The lowest BCUT2D eigenvalue weighted by Crippen LogP contribution is -2.48. The second-order valence-corrected chi connectivity index (χ2v) is 10.4. The number of benzene rings is 1. The first kappa shape index (κ1) is 25.1. The van der Waals surface area contributed by atoms with Crippen molar-refractivity contribution >= 4 is 11.4 Å². The standard InChI is InChI=1S/C28H31F2N3O5/c1-35-24-9-19(10-25(38-28(29)30)27(24)23(34)8-17-2-3-17)22-12-31-26-11-21(5-7-33(22)26)37-14-18-4-6-32(13-18)20-15-36-16-20/h5,7,9-12,17-18,20,28H,2-4,6,8,13-16H2,1H3/t18-/m1/s1. The molecule has 0 N–H and O–H groups in total. The summed E-state index contributed by atoms with van der Waals surface area (Å²) < 4.78 is 50.1. The van der Waals surface area contributed by atoms with Crippen LogP contribution in [0.3, 0.4) is 0 Å². The number of imidazole rings is 1. The lowest BCUT2D eigenvalue weighted by atomic mass is 10.00. The number of rotatable bonds is 11. The van der Waals surface area contributed by atoms with Crippen LogP contribution in [0.1, 0.15) is 36.0 Å². The van der Waals surface area contributed by atoms with Crippen LogP contribution in [0, 0.1) is 11.8 Å². The van der Waals surface area contributed by atoms with Crippen molar-refractivity contribution in [2.75, 3.05) is 40.0 Å². The highest BCUT2D eigenvalue weighted by molar-refractivity contribution is 6.02. The molecule has 0 unspecified atom stereocenters. The van der Waals surface area contributed by atoms with Crippen molar-refractivity contribution in [1.82, 2.24) is 14.3 Å². The molecule has 0 amide bonds. The second kappa shape index (κ2) is 10.5. The zero-order valence-electron chi connectivity index (χ0n) is 21.3. The van der Waals surface area contributed by atoms with Gasteiger partial charge in [-0.05, 0) is 49.9 Å². The number of alkyl halides is 2. The average Bonchev–Trinajstić information content (AvgIpc) is 3.39. The van der Waals surface area contributed by atoms with Gasteiger partial charge in [0.1, 0.15) is 28.5 Å². The zero-order chi connectivity index (χ0) is 26.2. The Kier molecular flexibility index (Phi) is 6.92. The molecular formula is C28H31F2N3O5. The van der Waals surface area contributed by atoms with Gasteiger partial charge in [0.05, 0.1) is 44.9 Å². The number of ether oxygens (including phenoxy) is 4. The van der Waals surface area contributed by atoms with Crippen molar-refractivity contribution in [2.24, 2.45) is 11.8 Å². The van der Waals surface area contributed by atoms with Crippen LogP contribution in [0.25, 0.3) is 16.9 Å². The van der Waals surface area contributed by atoms with Crippen LogP contribution in [0.4, 0.5) is 8.78 Å². The number of hydrogen-bond acceptors (Lipinski definition) is 7. The SMILES string of the molecule is COc1cc(-c2cnc3cc(OC[C@@H]4CCN(C5COC5)C4)ccn23)cc(OC(F)F)c1C(=O)CC1CC1. The first-order valence-electron chi connectivity index (χ1n) is 13.1. The van der Waals surface area contributed by atoms with E-state index < -0.39 is 6.61 Å². The molecule has 38 heavy (non-hydrogen) atoms. The normalized spacial score (nSPS) is 20.2. The number of hydrogen-bond donors (Lipinski definition) is 0. The molecule has 1 aliphatic carbocycles. The van der Waals surface area contributed by atoms with Gasteiger partial charge in [-0.15, -0.1) is 0 Å². The molecule has 3 aliphatic rings. The molecule has 1 atom stereocenters. The van der Waals surface area contributed by atoms with Crippen molar-refractivity contribution in [3.05, 3.63) is 42.2 Å². The highest BCUT2D eigenvalue weighted by Gasteiger charge is 2.33. The Morgan fingerprint density at radius 2 is 1.97 bits per heavy atom. The van der Waals surface area contributed by atoms with E-state index in [1.807, 2.05) is 22.7 Å². The number of fused-ring (bicyclic) bond motifs is 1. The van der Waals surface area contributed by atoms with Gasteiger partial charge in [-0.1, -0.05) is 0 Å². The minimum Gasteiger partial charge on any atom is -0.496 e. The highest BCUT2D eigenvalue weighted by Crippen LogP contribution is 2.40. The van der Waals surface area contributed by atoms with E-state index in [9.17, 15) is 13.6 Å². The highest BCUT2D eigenvalue weighted by atomic mass is 19.3. The Bertz CT molecular complexity index is 1320. The Hall–Kier alpha value is -3.24. The Morgan fingerprint density at radius 3 is 2.68 bits per heavy atom. The van der Waals surface area contributed by atoms with Crippen molar-refractivity contribution < 1.29 is 32.5 Å². The Balaban J connectivity index is 1.22. The molecule has 1 saturated carbocycles. The smallest absolute Gasteiger partial charge is 0.387 e. The number of Topliss-reactive ketones (excluding diaryl/α,β-unsaturated/α-hetero) is 1. The molecule has 1 aromatic carbocycles. The summed E-state index contributed by atoms with van der Waals surface area (Å²) in [5, 5.41) is 0. The van der Waals surface area contributed by atoms with Crippen molar-refractivity contribution in [3.8, 4) is 28.5 Å². The maximum Gasteiger partial charge on any atom is 0.387 e. The van der Waals surface area contributed by atoms with Gasteiger partial charge in [-0.3, -0.25) is 14.1 Å². The summed E-state index contributed by atoms with van der Waals surface area (Å²) in [6.45, 7) is 1.32. The van der Waals surface area contributed by atoms with E-state index in [0.717, 1.165) is 51.3 Å². The fourth-order valence-electron chi connectivity index (χ4n) is 5.29. The van der Waals surface area contributed by atoms with Gasteiger partial charge in [0.15, 0.2) is 5.78 Å². The van der Waals surface area contributed by atoms with Crippen molar-refractivity contribution in [2.45, 2.75) is 38.3 Å². The molecule has 6 rings (SSSR count). The number of likely N-dealkylation sites (tertiary alicyclic amines) is 1. The van der Waals surface area contributed by atoms with E-state index in [1.54, 1.807) is 12.3 Å². The third kappa shape index (κ3) is 5.19. The van der Waals surface area contributed by atoms with Gasteiger partial charge in [0.2, 0.25) is 0 Å². The summed E-state index contributed by atoms with van der Waals surface area (Å²) in [5.41, 5.74) is 1.91. The number of aromatic nitrogens is 2. The molecule has 8 nitrogen and oxygen atoms in total. The van der Waals surface area contributed by atoms with E-state index in [2.05, 4.69) is 9.88 Å². The number of carbonyl (C=O) groups excluding carboxylic acids is 1. The van der Waals surface area contributed by atoms with Gasteiger partial charge < -0.3 is 18.9 Å². The van der Waals surface area contributed by atoms with Gasteiger partial charge in [-0.2, -0.15) is 8.78 Å². The largest absolute Gasteiger partial charge is 0.496 e. The predicted molar refractivity (Wildman–Crippen MR) is 135 cm³/mol. The number of nitrogens with zero attached hydrogens (tertiary/aromatic N) is 3. The number of carbonyl (C=O) groups is 1. The van der Waals surface area contributed by atoms with Gasteiger partial charge in [0, 0.05) is 36.7 Å².